The van der Waals surface area contributed by atoms with E-state index in [4.69, 9.17) is 11.6 Å². The summed E-state index contributed by atoms with van der Waals surface area (Å²) in [7, 11) is 0. The highest BCUT2D eigenvalue weighted by Gasteiger charge is 2.13. The first-order chi connectivity index (χ1) is 9.55. The topological polar surface area (TPSA) is 20.2 Å². The van der Waals surface area contributed by atoms with Crippen LogP contribution in [0.5, 0.6) is 0 Å². The van der Waals surface area contributed by atoms with Gasteiger partial charge in [-0.2, -0.15) is 0 Å². The molecule has 0 saturated heterocycles. The second-order valence-corrected chi connectivity index (χ2v) is 6.19. The molecule has 0 aromatic heterocycles. The van der Waals surface area contributed by atoms with E-state index >= 15 is 0 Å². The van der Waals surface area contributed by atoms with Crippen molar-refractivity contribution in [3.63, 3.8) is 0 Å². The fourth-order valence-electron chi connectivity index (χ4n) is 2.42. The molecular weight excluding hydrogens is 336 g/mol. The summed E-state index contributed by atoms with van der Waals surface area (Å²) in [4.78, 5) is 0. The smallest absolute Gasteiger partial charge is 0.104 e. The number of aryl methyl sites for hydroxylation is 2. The number of hydrogen-bond acceptors (Lipinski definition) is 1. The first kappa shape index (κ1) is 15.6. The number of aliphatic hydroxyl groups is 1. The van der Waals surface area contributed by atoms with E-state index < -0.39 is 6.10 Å². The number of halogens is 2. The Morgan fingerprint density at radius 3 is 2.30 bits per heavy atom. The van der Waals surface area contributed by atoms with Crippen molar-refractivity contribution >= 4 is 27.5 Å². The molecule has 0 bridgehead atoms. The van der Waals surface area contributed by atoms with Crippen molar-refractivity contribution in [2.24, 2.45) is 0 Å². The van der Waals surface area contributed by atoms with E-state index in [1.165, 1.54) is 11.1 Å². The first-order valence-corrected chi connectivity index (χ1v) is 7.98. The van der Waals surface area contributed by atoms with Gasteiger partial charge in [0.1, 0.15) is 6.10 Å². The van der Waals surface area contributed by atoms with E-state index in [2.05, 4.69) is 41.9 Å². The summed E-state index contributed by atoms with van der Waals surface area (Å²) in [5.74, 6) is 0. The normalized spacial score (nSPS) is 12.4. The largest absolute Gasteiger partial charge is 0.384 e. The Balaban J connectivity index is 2.39. The Bertz CT molecular complexity index is 590. The molecule has 2 aromatic carbocycles. The van der Waals surface area contributed by atoms with E-state index in [1.807, 2.05) is 18.2 Å². The number of aliphatic hydroxyl groups excluding tert-OH is 1. The van der Waals surface area contributed by atoms with Crippen LogP contribution in [0, 0.1) is 0 Å². The zero-order valence-electron chi connectivity index (χ0n) is 11.7. The molecule has 0 aliphatic rings. The summed E-state index contributed by atoms with van der Waals surface area (Å²) in [6.45, 7) is 4.29. The van der Waals surface area contributed by atoms with Crippen LogP contribution in [0.3, 0.4) is 0 Å². The minimum atomic E-state index is -0.652. The van der Waals surface area contributed by atoms with Crippen molar-refractivity contribution in [2.45, 2.75) is 32.8 Å². The average Bonchev–Trinajstić information content (AvgIpc) is 2.44. The lowest BCUT2D eigenvalue weighted by molar-refractivity contribution is 0.220. The van der Waals surface area contributed by atoms with Gasteiger partial charge in [-0.3, -0.25) is 0 Å². The van der Waals surface area contributed by atoms with Gasteiger partial charge in [-0.25, -0.2) is 0 Å². The van der Waals surface area contributed by atoms with E-state index in [0.29, 0.717) is 5.02 Å². The minimum absolute atomic E-state index is 0.620. The zero-order chi connectivity index (χ0) is 14.7. The maximum absolute atomic E-state index is 10.5. The summed E-state index contributed by atoms with van der Waals surface area (Å²) < 4.78 is 0.875. The lowest BCUT2D eigenvalue weighted by atomic mass is 9.95. The minimum Gasteiger partial charge on any atom is -0.384 e. The summed E-state index contributed by atoms with van der Waals surface area (Å²) in [5.41, 5.74) is 4.35. The molecule has 0 aliphatic carbocycles. The molecule has 0 aliphatic heterocycles. The predicted molar refractivity (Wildman–Crippen MR) is 88.4 cm³/mol. The fourth-order valence-corrected chi connectivity index (χ4v) is 3.30. The standard InChI is InChI=1S/C17H18BrClO/c1-3-11-5-6-13(7-12(11)4-2)17(20)14-8-15(18)10-16(19)9-14/h5-10,17,20H,3-4H2,1-2H3. The van der Waals surface area contributed by atoms with E-state index in [-0.39, 0.29) is 0 Å². The summed E-state index contributed by atoms with van der Waals surface area (Å²) in [6, 6.07) is 11.7. The molecule has 106 valence electrons. The van der Waals surface area contributed by atoms with Crippen molar-refractivity contribution in [1.29, 1.82) is 0 Å². The maximum Gasteiger partial charge on any atom is 0.104 e. The van der Waals surface area contributed by atoms with Crippen LogP contribution >= 0.6 is 27.5 Å². The van der Waals surface area contributed by atoms with Crippen LogP contribution in [-0.4, -0.2) is 5.11 Å². The zero-order valence-corrected chi connectivity index (χ0v) is 14.0. The summed E-state index contributed by atoms with van der Waals surface area (Å²) in [5, 5.41) is 11.2. The van der Waals surface area contributed by atoms with Gasteiger partial charge in [0.05, 0.1) is 0 Å². The van der Waals surface area contributed by atoms with E-state index in [9.17, 15) is 5.11 Å². The molecule has 1 N–H and O–H groups in total. The molecule has 0 saturated carbocycles. The molecule has 0 spiro atoms. The number of benzene rings is 2. The molecular formula is C17H18BrClO. The van der Waals surface area contributed by atoms with Gasteiger partial charge in [-0.1, -0.05) is 59.6 Å². The number of hydrogen-bond donors (Lipinski definition) is 1. The van der Waals surface area contributed by atoms with Gasteiger partial charge in [0.2, 0.25) is 0 Å². The Morgan fingerprint density at radius 2 is 1.70 bits per heavy atom. The van der Waals surface area contributed by atoms with Crippen LogP contribution in [-0.2, 0) is 12.8 Å². The predicted octanol–water partition coefficient (Wildman–Crippen LogP) is 5.31. The molecule has 2 rings (SSSR count). The molecule has 1 nitrogen and oxygen atoms in total. The Hall–Kier alpha value is -0.830. The van der Waals surface area contributed by atoms with Gasteiger partial charge >= 0.3 is 0 Å². The van der Waals surface area contributed by atoms with E-state index in [0.717, 1.165) is 28.4 Å². The monoisotopic (exact) mass is 352 g/mol. The highest BCUT2D eigenvalue weighted by molar-refractivity contribution is 9.10. The summed E-state index contributed by atoms with van der Waals surface area (Å²) >= 11 is 9.46. The Morgan fingerprint density at radius 1 is 1.00 bits per heavy atom. The van der Waals surface area contributed by atoms with Gasteiger partial charge < -0.3 is 5.11 Å². The molecule has 0 fully saturated rings. The molecule has 0 amide bonds. The van der Waals surface area contributed by atoms with Gasteiger partial charge in [-0.05, 0) is 53.3 Å². The number of rotatable bonds is 4. The lowest BCUT2D eigenvalue weighted by Gasteiger charge is -2.15. The molecule has 3 heteroatoms. The van der Waals surface area contributed by atoms with Crippen molar-refractivity contribution in [1.82, 2.24) is 0 Å². The van der Waals surface area contributed by atoms with Crippen molar-refractivity contribution in [3.05, 3.63) is 68.1 Å². The molecule has 1 unspecified atom stereocenters. The molecule has 1 atom stereocenters. The molecule has 0 radical (unpaired) electrons. The van der Waals surface area contributed by atoms with Gasteiger partial charge in [0, 0.05) is 9.50 Å². The van der Waals surface area contributed by atoms with Crippen LogP contribution in [0.1, 0.15) is 42.2 Å². The third kappa shape index (κ3) is 3.43. The highest BCUT2D eigenvalue weighted by Crippen LogP contribution is 2.29. The van der Waals surface area contributed by atoms with Gasteiger partial charge in [-0.15, -0.1) is 0 Å². The highest BCUT2D eigenvalue weighted by atomic mass is 79.9. The first-order valence-electron chi connectivity index (χ1n) is 6.80. The van der Waals surface area contributed by atoms with Crippen LogP contribution < -0.4 is 0 Å². The van der Waals surface area contributed by atoms with Crippen LogP contribution in [0.15, 0.2) is 40.9 Å². The third-order valence-corrected chi connectivity index (χ3v) is 4.18. The van der Waals surface area contributed by atoms with Gasteiger partial charge in [0.15, 0.2) is 0 Å². The molecule has 2 aromatic rings. The second-order valence-electron chi connectivity index (χ2n) is 4.84. The van der Waals surface area contributed by atoms with Crippen LogP contribution in [0.25, 0.3) is 0 Å². The van der Waals surface area contributed by atoms with Crippen LogP contribution in [0.2, 0.25) is 5.02 Å². The average molecular weight is 354 g/mol. The third-order valence-electron chi connectivity index (χ3n) is 3.51. The fraction of sp³-hybridized carbons (Fsp3) is 0.294. The van der Waals surface area contributed by atoms with Gasteiger partial charge in [0.25, 0.3) is 0 Å². The maximum atomic E-state index is 10.5. The van der Waals surface area contributed by atoms with E-state index in [1.54, 1.807) is 6.07 Å². The van der Waals surface area contributed by atoms with Crippen molar-refractivity contribution < 1.29 is 5.11 Å². The summed E-state index contributed by atoms with van der Waals surface area (Å²) in [6.07, 6.45) is 1.34. The SMILES string of the molecule is CCc1ccc(C(O)c2cc(Cl)cc(Br)c2)cc1CC. The quantitative estimate of drug-likeness (QED) is 0.790. The molecule has 20 heavy (non-hydrogen) atoms. The Labute approximate surface area is 133 Å². The van der Waals surface area contributed by atoms with Crippen molar-refractivity contribution in [2.75, 3.05) is 0 Å². The van der Waals surface area contributed by atoms with Crippen LogP contribution in [0.4, 0.5) is 0 Å². The Kier molecular flexibility index (Phi) is 5.25. The second kappa shape index (κ2) is 6.75. The lowest BCUT2D eigenvalue weighted by Crippen LogP contribution is -2.02. The van der Waals surface area contributed by atoms with Crippen molar-refractivity contribution in [3.8, 4) is 0 Å². The molecule has 0 heterocycles.